The molecule has 0 radical (unpaired) electrons. The fourth-order valence-electron chi connectivity index (χ4n) is 5.27. The lowest BCUT2D eigenvalue weighted by Crippen LogP contribution is -2.61. The molecule has 2 aliphatic heterocycles. The number of urea groups is 1. The quantitative estimate of drug-likeness (QED) is 0.736. The summed E-state index contributed by atoms with van der Waals surface area (Å²) in [6.07, 6.45) is 7.31. The van der Waals surface area contributed by atoms with Crippen LogP contribution in [0, 0.1) is 5.41 Å². The summed E-state index contributed by atoms with van der Waals surface area (Å²) in [6.45, 7) is 3.83. The summed E-state index contributed by atoms with van der Waals surface area (Å²) < 4.78 is 26.9. The molecule has 1 saturated carbocycles. The highest BCUT2D eigenvalue weighted by Gasteiger charge is 2.49. The van der Waals surface area contributed by atoms with Gasteiger partial charge in [-0.1, -0.05) is 18.9 Å². The summed E-state index contributed by atoms with van der Waals surface area (Å²) >= 11 is 1.75. The molecule has 2 atom stereocenters. The number of likely N-dealkylation sites (tertiary alicyclic amines) is 2. The number of nitrogens with one attached hydrogen (secondary N) is 2. The van der Waals surface area contributed by atoms with Gasteiger partial charge in [-0.3, -0.25) is 4.90 Å². The molecule has 0 aromatic carbocycles. The van der Waals surface area contributed by atoms with Gasteiger partial charge in [0.15, 0.2) is 0 Å². The van der Waals surface area contributed by atoms with Crippen molar-refractivity contribution in [2.24, 2.45) is 5.41 Å². The monoisotopic (exact) mass is 440 g/mol. The molecule has 0 unspecified atom stereocenters. The van der Waals surface area contributed by atoms with Crippen molar-refractivity contribution >= 4 is 27.4 Å². The Morgan fingerprint density at radius 2 is 2.03 bits per heavy atom. The first-order valence-corrected chi connectivity index (χ1v) is 13.4. The highest BCUT2D eigenvalue weighted by molar-refractivity contribution is 7.88. The maximum absolute atomic E-state index is 12.9. The van der Waals surface area contributed by atoms with Gasteiger partial charge in [-0.25, -0.2) is 17.9 Å². The summed E-state index contributed by atoms with van der Waals surface area (Å²) in [4.78, 5) is 18.5. The standard InChI is InChI=1S/C20H32N4O3S2/c1-29(26,27)22-18-8-10-24(19(25)21-16-5-2-3-6-16)15-20(18)9-11-23(14-20)13-17-7-4-12-28-17/h4,7,12,16,18,22H,2-3,5-6,8-11,13-15H2,1H3,(H,21,25)/t18-,20+/m0/s1. The highest BCUT2D eigenvalue weighted by atomic mass is 32.2. The Labute approximate surface area is 177 Å². The Bertz CT molecular complexity index is 808. The Morgan fingerprint density at radius 3 is 2.72 bits per heavy atom. The molecule has 2 amide bonds. The number of carbonyl (C=O) groups is 1. The maximum atomic E-state index is 12.9. The molecule has 1 aliphatic carbocycles. The molecular weight excluding hydrogens is 408 g/mol. The van der Waals surface area contributed by atoms with E-state index in [2.05, 4.69) is 32.5 Å². The van der Waals surface area contributed by atoms with Gasteiger partial charge in [0.05, 0.1) is 6.26 Å². The molecule has 4 rings (SSSR count). The van der Waals surface area contributed by atoms with Crippen LogP contribution in [0.25, 0.3) is 0 Å². The fourth-order valence-corrected chi connectivity index (χ4v) is 6.90. The second kappa shape index (κ2) is 8.53. The zero-order valence-corrected chi connectivity index (χ0v) is 18.7. The molecule has 1 aromatic rings. The Kier molecular flexibility index (Phi) is 6.20. The summed E-state index contributed by atoms with van der Waals surface area (Å²) in [7, 11) is -3.30. The van der Waals surface area contributed by atoms with Gasteiger partial charge >= 0.3 is 6.03 Å². The fraction of sp³-hybridized carbons (Fsp3) is 0.750. The van der Waals surface area contributed by atoms with Crippen molar-refractivity contribution in [2.45, 2.75) is 57.2 Å². The van der Waals surface area contributed by atoms with E-state index in [1.165, 1.54) is 24.0 Å². The minimum Gasteiger partial charge on any atom is -0.335 e. The average molecular weight is 441 g/mol. The van der Waals surface area contributed by atoms with Crippen molar-refractivity contribution in [3.63, 3.8) is 0 Å². The molecule has 3 fully saturated rings. The Hall–Kier alpha value is -1.16. The number of rotatable bonds is 5. The molecule has 3 heterocycles. The van der Waals surface area contributed by atoms with Crippen LogP contribution in [0.5, 0.6) is 0 Å². The second-order valence-corrected chi connectivity index (χ2v) is 11.8. The van der Waals surface area contributed by atoms with Crippen LogP contribution in [0.3, 0.4) is 0 Å². The zero-order valence-electron chi connectivity index (χ0n) is 17.1. The molecule has 7 nitrogen and oxygen atoms in total. The smallest absolute Gasteiger partial charge is 0.317 e. The van der Waals surface area contributed by atoms with Gasteiger partial charge in [0, 0.05) is 48.6 Å². The minimum absolute atomic E-state index is 0.0192. The van der Waals surface area contributed by atoms with E-state index in [0.29, 0.717) is 25.6 Å². The van der Waals surface area contributed by atoms with Crippen LogP contribution < -0.4 is 10.0 Å². The molecule has 162 valence electrons. The topological polar surface area (TPSA) is 81.8 Å². The average Bonchev–Trinajstić information content (AvgIpc) is 3.40. The minimum atomic E-state index is -3.30. The molecule has 9 heteroatoms. The van der Waals surface area contributed by atoms with Crippen LogP contribution in [0.1, 0.15) is 43.4 Å². The number of carbonyl (C=O) groups excluding carboxylic acids is 1. The molecular formula is C20H32N4O3S2. The van der Waals surface area contributed by atoms with E-state index < -0.39 is 10.0 Å². The predicted molar refractivity (Wildman–Crippen MR) is 115 cm³/mol. The van der Waals surface area contributed by atoms with Crippen molar-refractivity contribution in [3.05, 3.63) is 22.4 Å². The number of thiophene rings is 1. The van der Waals surface area contributed by atoms with Crippen LogP contribution in [0.15, 0.2) is 17.5 Å². The van der Waals surface area contributed by atoms with Crippen molar-refractivity contribution in [2.75, 3.05) is 32.4 Å². The third-order valence-corrected chi connectivity index (χ3v) is 8.26. The molecule has 2 N–H and O–H groups in total. The van der Waals surface area contributed by atoms with Gasteiger partial charge in [0.25, 0.3) is 0 Å². The number of sulfonamides is 1. The molecule has 0 bridgehead atoms. The summed E-state index contributed by atoms with van der Waals surface area (Å²) in [5, 5.41) is 5.29. The summed E-state index contributed by atoms with van der Waals surface area (Å²) in [5.41, 5.74) is -0.231. The zero-order chi connectivity index (χ0) is 20.5. The number of hydrogen-bond acceptors (Lipinski definition) is 5. The molecule has 1 aromatic heterocycles. The Balaban J connectivity index is 1.47. The van der Waals surface area contributed by atoms with E-state index in [1.54, 1.807) is 11.3 Å². The van der Waals surface area contributed by atoms with Gasteiger partial charge in [-0.15, -0.1) is 11.3 Å². The van der Waals surface area contributed by atoms with E-state index in [-0.39, 0.29) is 17.5 Å². The number of amides is 2. The molecule has 1 spiro atoms. The third-order valence-electron chi connectivity index (χ3n) is 6.68. The van der Waals surface area contributed by atoms with Crippen LogP contribution in [0.4, 0.5) is 4.79 Å². The van der Waals surface area contributed by atoms with Crippen molar-refractivity contribution in [1.29, 1.82) is 0 Å². The molecule has 29 heavy (non-hydrogen) atoms. The largest absolute Gasteiger partial charge is 0.335 e. The first-order valence-electron chi connectivity index (χ1n) is 10.6. The van der Waals surface area contributed by atoms with E-state index >= 15 is 0 Å². The lowest BCUT2D eigenvalue weighted by molar-refractivity contribution is 0.0802. The third kappa shape index (κ3) is 5.13. The van der Waals surface area contributed by atoms with Gasteiger partial charge in [0.2, 0.25) is 10.0 Å². The number of piperidine rings is 1. The lowest BCUT2D eigenvalue weighted by atomic mass is 9.75. The Morgan fingerprint density at radius 1 is 1.24 bits per heavy atom. The first kappa shape index (κ1) is 21.1. The van der Waals surface area contributed by atoms with Crippen LogP contribution >= 0.6 is 11.3 Å². The predicted octanol–water partition coefficient (Wildman–Crippen LogP) is 2.22. The van der Waals surface area contributed by atoms with E-state index in [1.807, 2.05) is 4.90 Å². The SMILES string of the molecule is CS(=O)(=O)N[C@H]1CCN(C(=O)NC2CCCC2)C[C@]12CCN(Cc1cccs1)C2. The van der Waals surface area contributed by atoms with Crippen LogP contribution in [-0.2, 0) is 16.6 Å². The summed E-state index contributed by atoms with van der Waals surface area (Å²) in [5.74, 6) is 0. The normalized spacial score (nSPS) is 29.0. The van der Waals surface area contributed by atoms with Crippen molar-refractivity contribution in [3.8, 4) is 0 Å². The van der Waals surface area contributed by atoms with Gasteiger partial charge in [0.1, 0.15) is 0 Å². The number of nitrogens with zero attached hydrogens (tertiary/aromatic N) is 2. The summed E-state index contributed by atoms with van der Waals surface area (Å²) in [6, 6.07) is 4.40. The van der Waals surface area contributed by atoms with Gasteiger partial charge in [-0.05, 0) is 43.7 Å². The molecule has 2 saturated heterocycles. The van der Waals surface area contributed by atoms with Crippen molar-refractivity contribution in [1.82, 2.24) is 19.8 Å². The lowest BCUT2D eigenvalue weighted by Gasteiger charge is -2.46. The van der Waals surface area contributed by atoms with Gasteiger partial charge in [-0.2, -0.15) is 0 Å². The van der Waals surface area contributed by atoms with Crippen LogP contribution in [-0.4, -0.2) is 68.8 Å². The van der Waals surface area contributed by atoms with Gasteiger partial charge < -0.3 is 10.2 Å². The van der Waals surface area contributed by atoms with E-state index in [0.717, 1.165) is 38.9 Å². The first-order chi connectivity index (χ1) is 13.8. The van der Waals surface area contributed by atoms with Crippen molar-refractivity contribution < 1.29 is 13.2 Å². The number of hydrogen-bond donors (Lipinski definition) is 2. The maximum Gasteiger partial charge on any atom is 0.317 e. The molecule has 3 aliphatic rings. The van der Waals surface area contributed by atoms with E-state index in [9.17, 15) is 13.2 Å². The van der Waals surface area contributed by atoms with Crippen LogP contribution in [0.2, 0.25) is 0 Å². The van der Waals surface area contributed by atoms with E-state index in [4.69, 9.17) is 0 Å². The highest BCUT2D eigenvalue weighted by Crippen LogP contribution is 2.40. The second-order valence-electron chi connectivity index (χ2n) is 8.99.